The van der Waals surface area contributed by atoms with Gasteiger partial charge in [0.05, 0.1) is 12.1 Å². The first-order valence-corrected chi connectivity index (χ1v) is 5.99. The Morgan fingerprint density at radius 3 is 2.50 bits per heavy atom. The average Bonchev–Trinajstić information content (AvgIpc) is 2.25. The van der Waals surface area contributed by atoms with Crippen molar-refractivity contribution >= 4 is 11.6 Å². The highest BCUT2D eigenvalue weighted by atomic mass is 35.5. The monoisotopic (exact) mass is 241 g/mol. The standard InChI is InChI=1S/C13H20ClNO/c1-9(2)8-15-10(3)11-5-6-13(16-4)12(14)7-11/h5-7,9-10,15H,8H2,1-4H3. The van der Waals surface area contributed by atoms with Crippen molar-refractivity contribution in [3.05, 3.63) is 28.8 Å². The fourth-order valence-corrected chi connectivity index (χ4v) is 1.75. The molecule has 0 aliphatic carbocycles. The van der Waals surface area contributed by atoms with E-state index in [0.29, 0.717) is 17.0 Å². The molecule has 0 fully saturated rings. The van der Waals surface area contributed by atoms with Crippen LogP contribution in [-0.4, -0.2) is 13.7 Å². The Labute approximate surface area is 103 Å². The van der Waals surface area contributed by atoms with E-state index in [-0.39, 0.29) is 0 Å². The molecular weight excluding hydrogens is 222 g/mol. The van der Waals surface area contributed by atoms with Crippen LogP contribution in [0, 0.1) is 5.92 Å². The van der Waals surface area contributed by atoms with Crippen LogP contribution in [0.2, 0.25) is 5.02 Å². The predicted octanol–water partition coefficient (Wildman–Crippen LogP) is 3.66. The first kappa shape index (κ1) is 13.3. The molecule has 0 saturated carbocycles. The minimum atomic E-state index is 0.311. The number of hydrogen-bond acceptors (Lipinski definition) is 2. The lowest BCUT2D eigenvalue weighted by molar-refractivity contribution is 0.414. The van der Waals surface area contributed by atoms with Crippen molar-refractivity contribution in [2.75, 3.05) is 13.7 Å². The zero-order valence-electron chi connectivity index (χ0n) is 10.4. The highest BCUT2D eigenvalue weighted by molar-refractivity contribution is 6.32. The minimum absolute atomic E-state index is 0.311. The molecule has 0 aliphatic heterocycles. The van der Waals surface area contributed by atoms with E-state index in [9.17, 15) is 0 Å². The normalized spacial score (nSPS) is 12.9. The van der Waals surface area contributed by atoms with Crippen LogP contribution in [0.1, 0.15) is 32.4 Å². The Morgan fingerprint density at radius 1 is 1.31 bits per heavy atom. The van der Waals surface area contributed by atoms with Crippen LogP contribution in [-0.2, 0) is 0 Å². The van der Waals surface area contributed by atoms with Gasteiger partial charge in [0.25, 0.3) is 0 Å². The van der Waals surface area contributed by atoms with Crippen molar-refractivity contribution in [1.82, 2.24) is 5.32 Å². The topological polar surface area (TPSA) is 21.3 Å². The average molecular weight is 242 g/mol. The third kappa shape index (κ3) is 3.69. The van der Waals surface area contributed by atoms with Gasteiger partial charge in [0.2, 0.25) is 0 Å². The first-order chi connectivity index (χ1) is 7.54. The van der Waals surface area contributed by atoms with E-state index in [4.69, 9.17) is 16.3 Å². The van der Waals surface area contributed by atoms with Crippen LogP contribution in [0.4, 0.5) is 0 Å². The molecule has 0 aromatic heterocycles. The molecule has 3 heteroatoms. The molecule has 1 atom stereocenters. The molecule has 16 heavy (non-hydrogen) atoms. The third-order valence-electron chi connectivity index (χ3n) is 2.51. The van der Waals surface area contributed by atoms with E-state index in [2.05, 4.69) is 26.1 Å². The summed E-state index contributed by atoms with van der Waals surface area (Å²) >= 11 is 6.08. The van der Waals surface area contributed by atoms with Crippen molar-refractivity contribution in [1.29, 1.82) is 0 Å². The van der Waals surface area contributed by atoms with E-state index in [1.165, 1.54) is 5.56 Å². The lowest BCUT2D eigenvalue weighted by Gasteiger charge is -2.16. The molecule has 1 aromatic rings. The molecule has 0 spiro atoms. The summed E-state index contributed by atoms with van der Waals surface area (Å²) in [6.07, 6.45) is 0. The maximum absolute atomic E-state index is 6.08. The molecule has 0 bridgehead atoms. The van der Waals surface area contributed by atoms with Crippen LogP contribution in [0.5, 0.6) is 5.75 Å². The lowest BCUT2D eigenvalue weighted by atomic mass is 10.1. The summed E-state index contributed by atoms with van der Waals surface area (Å²) in [4.78, 5) is 0. The summed E-state index contributed by atoms with van der Waals surface area (Å²) in [5, 5.41) is 4.13. The molecule has 0 heterocycles. The molecule has 0 saturated heterocycles. The SMILES string of the molecule is COc1ccc(C(C)NCC(C)C)cc1Cl. The van der Waals surface area contributed by atoms with E-state index < -0.39 is 0 Å². The summed E-state index contributed by atoms with van der Waals surface area (Å²) in [7, 11) is 1.63. The van der Waals surface area contributed by atoms with E-state index in [1.807, 2.05) is 18.2 Å². The molecule has 0 amide bonds. The zero-order chi connectivity index (χ0) is 12.1. The summed E-state index contributed by atoms with van der Waals surface area (Å²) in [6.45, 7) is 7.53. The Morgan fingerprint density at radius 2 is 2.00 bits per heavy atom. The molecule has 0 radical (unpaired) electrons. The molecule has 1 unspecified atom stereocenters. The van der Waals surface area contributed by atoms with Crippen molar-refractivity contribution in [2.45, 2.75) is 26.8 Å². The van der Waals surface area contributed by atoms with E-state index >= 15 is 0 Å². The van der Waals surface area contributed by atoms with Crippen LogP contribution >= 0.6 is 11.6 Å². The molecule has 1 rings (SSSR count). The van der Waals surface area contributed by atoms with Gasteiger partial charge in [0.15, 0.2) is 0 Å². The number of rotatable bonds is 5. The Hall–Kier alpha value is -0.730. The second-order valence-corrected chi connectivity index (χ2v) is 4.82. The molecule has 0 aliphatic rings. The van der Waals surface area contributed by atoms with Gasteiger partial charge in [-0.1, -0.05) is 31.5 Å². The summed E-state index contributed by atoms with van der Waals surface area (Å²) in [6, 6.07) is 6.22. The maximum Gasteiger partial charge on any atom is 0.137 e. The van der Waals surface area contributed by atoms with Gasteiger partial charge in [0.1, 0.15) is 5.75 Å². The van der Waals surface area contributed by atoms with Gasteiger partial charge in [-0.05, 0) is 37.1 Å². The minimum Gasteiger partial charge on any atom is -0.495 e. The molecule has 90 valence electrons. The number of ether oxygens (including phenoxy) is 1. The smallest absolute Gasteiger partial charge is 0.137 e. The third-order valence-corrected chi connectivity index (χ3v) is 2.80. The fourth-order valence-electron chi connectivity index (χ4n) is 1.48. The number of nitrogens with one attached hydrogen (secondary N) is 1. The Bertz CT molecular complexity index is 339. The second kappa shape index (κ2) is 6.12. The second-order valence-electron chi connectivity index (χ2n) is 4.42. The quantitative estimate of drug-likeness (QED) is 0.850. The zero-order valence-corrected chi connectivity index (χ0v) is 11.1. The van der Waals surface area contributed by atoms with Gasteiger partial charge in [-0.3, -0.25) is 0 Å². The van der Waals surface area contributed by atoms with E-state index in [0.717, 1.165) is 12.3 Å². The number of benzene rings is 1. The van der Waals surface area contributed by atoms with Gasteiger partial charge in [-0.15, -0.1) is 0 Å². The number of halogens is 1. The fraction of sp³-hybridized carbons (Fsp3) is 0.538. The molecule has 1 N–H and O–H groups in total. The number of hydrogen-bond donors (Lipinski definition) is 1. The predicted molar refractivity (Wildman–Crippen MR) is 69.3 cm³/mol. The van der Waals surface area contributed by atoms with Gasteiger partial charge in [-0.25, -0.2) is 0 Å². The maximum atomic E-state index is 6.08. The highest BCUT2D eigenvalue weighted by Crippen LogP contribution is 2.27. The number of methoxy groups -OCH3 is 1. The van der Waals surface area contributed by atoms with Crippen molar-refractivity contribution in [3.63, 3.8) is 0 Å². The van der Waals surface area contributed by atoms with Crippen LogP contribution in [0.3, 0.4) is 0 Å². The van der Waals surface area contributed by atoms with E-state index in [1.54, 1.807) is 7.11 Å². The highest BCUT2D eigenvalue weighted by Gasteiger charge is 2.08. The van der Waals surface area contributed by atoms with Gasteiger partial charge >= 0.3 is 0 Å². The van der Waals surface area contributed by atoms with Gasteiger partial charge < -0.3 is 10.1 Å². The first-order valence-electron chi connectivity index (χ1n) is 5.61. The largest absolute Gasteiger partial charge is 0.495 e. The van der Waals surface area contributed by atoms with Gasteiger partial charge in [-0.2, -0.15) is 0 Å². The van der Waals surface area contributed by atoms with Gasteiger partial charge in [0, 0.05) is 6.04 Å². The summed E-state index contributed by atoms with van der Waals surface area (Å²) in [5.41, 5.74) is 1.19. The molecule has 1 aromatic carbocycles. The van der Waals surface area contributed by atoms with Crippen LogP contribution in [0.25, 0.3) is 0 Å². The van der Waals surface area contributed by atoms with Crippen molar-refractivity contribution in [3.8, 4) is 5.75 Å². The molecule has 2 nitrogen and oxygen atoms in total. The van der Waals surface area contributed by atoms with Crippen molar-refractivity contribution < 1.29 is 4.74 Å². The Balaban J connectivity index is 2.69. The Kier molecular flexibility index (Phi) is 5.10. The van der Waals surface area contributed by atoms with Crippen LogP contribution < -0.4 is 10.1 Å². The van der Waals surface area contributed by atoms with Crippen LogP contribution in [0.15, 0.2) is 18.2 Å². The molecular formula is C13H20ClNO. The summed E-state index contributed by atoms with van der Waals surface area (Å²) < 4.78 is 5.13. The van der Waals surface area contributed by atoms with Crippen molar-refractivity contribution in [2.24, 2.45) is 5.92 Å². The lowest BCUT2D eigenvalue weighted by Crippen LogP contribution is -2.23. The summed E-state index contributed by atoms with van der Waals surface area (Å²) in [5.74, 6) is 1.37.